The molecule has 0 aromatic carbocycles. The second-order valence-corrected chi connectivity index (χ2v) is 7.47. The van der Waals surface area contributed by atoms with Crippen molar-refractivity contribution < 1.29 is 20.4 Å². The van der Waals surface area contributed by atoms with Crippen LogP contribution in [-0.4, -0.2) is 95.9 Å². The molecule has 0 aliphatic rings. The molecule has 27 heavy (non-hydrogen) atoms. The molecule has 164 valence electrons. The predicted octanol–water partition coefficient (Wildman–Crippen LogP) is 1.85. The molecule has 0 bridgehead atoms. The lowest BCUT2D eigenvalue weighted by atomic mass is 10.2. The van der Waals surface area contributed by atoms with E-state index in [-0.39, 0.29) is 26.4 Å². The lowest BCUT2D eigenvalue weighted by Crippen LogP contribution is -2.29. The standard InChI is InChI=1S/C21H46N2O4/c24-18-8-4-14-22(15-5-9-19-25)12-2-1-3-13-23(16-6-10-20-26)17-7-11-21-27/h24-27H,1-21H2. The maximum atomic E-state index is 8.96. The van der Waals surface area contributed by atoms with E-state index in [0.29, 0.717) is 0 Å². The highest BCUT2D eigenvalue weighted by Gasteiger charge is 2.07. The van der Waals surface area contributed by atoms with Gasteiger partial charge in [0.2, 0.25) is 0 Å². The number of aliphatic hydroxyl groups is 4. The van der Waals surface area contributed by atoms with E-state index >= 15 is 0 Å². The van der Waals surface area contributed by atoms with Gasteiger partial charge < -0.3 is 30.2 Å². The van der Waals surface area contributed by atoms with Gasteiger partial charge in [0.05, 0.1) is 0 Å². The Bertz CT molecular complexity index is 237. The summed E-state index contributed by atoms with van der Waals surface area (Å²) in [5.41, 5.74) is 0. The van der Waals surface area contributed by atoms with E-state index in [2.05, 4.69) is 9.80 Å². The fourth-order valence-corrected chi connectivity index (χ4v) is 3.31. The van der Waals surface area contributed by atoms with Gasteiger partial charge in [0.25, 0.3) is 0 Å². The molecule has 0 saturated carbocycles. The Hall–Kier alpha value is -0.240. The Morgan fingerprint density at radius 3 is 0.741 bits per heavy atom. The van der Waals surface area contributed by atoms with Gasteiger partial charge >= 0.3 is 0 Å². The van der Waals surface area contributed by atoms with E-state index in [1.165, 1.54) is 19.3 Å². The van der Waals surface area contributed by atoms with Crippen LogP contribution in [-0.2, 0) is 0 Å². The van der Waals surface area contributed by atoms with Gasteiger partial charge in [-0.25, -0.2) is 0 Å². The van der Waals surface area contributed by atoms with Crippen LogP contribution in [0, 0.1) is 0 Å². The molecule has 0 saturated heterocycles. The minimum absolute atomic E-state index is 0.271. The fourth-order valence-electron chi connectivity index (χ4n) is 3.31. The third-order valence-electron chi connectivity index (χ3n) is 4.98. The van der Waals surface area contributed by atoms with Crippen molar-refractivity contribution in [1.29, 1.82) is 0 Å². The highest BCUT2D eigenvalue weighted by Crippen LogP contribution is 2.06. The predicted molar refractivity (Wildman–Crippen MR) is 112 cm³/mol. The van der Waals surface area contributed by atoms with E-state index in [4.69, 9.17) is 20.4 Å². The van der Waals surface area contributed by atoms with Crippen LogP contribution in [0.25, 0.3) is 0 Å². The van der Waals surface area contributed by atoms with Crippen molar-refractivity contribution in [2.75, 3.05) is 65.7 Å². The highest BCUT2D eigenvalue weighted by atomic mass is 16.3. The fraction of sp³-hybridized carbons (Fsp3) is 1.00. The molecule has 0 aromatic rings. The summed E-state index contributed by atoms with van der Waals surface area (Å²) in [6, 6.07) is 0. The lowest BCUT2D eigenvalue weighted by Gasteiger charge is -2.24. The second kappa shape index (κ2) is 22.1. The second-order valence-electron chi connectivity index (χ2n) is 7.47. The summed E-state index contributed by atoms with van der Waals surface area (Å²) in [5.74, 6) is 0. The Morgan fingerprint density at radius 1 is 0.296 bits per heavy atom. The van der Waals surface area contributed by atoms with Crippen LogP contribution in [0.3, 0.4) is 0 Å². The monoisotopic (exact) mass is 390 g/mol. The zero-order chi connectivity index (χ0) is 20.0. The molecule has 6 heteroatoms. The summed E-state index contributed by atoms with van der Waals surface area (Å²) >= 11 is 0. The average molecular weight is 391 g/mol. The molecule has 4 N–H and O–H groups in total. The minimum atomic E-state index is 0.271. The Balaban J connectivity index is 3.97. The molecule has 6 nitrogen and oxygen atoms in total. The van der Waals surface area contributed by atoms with Gasteiger partial charge in [-0.1, -0.05) is 6.42 Å². The van der Waals surface area contributed by atoms with Gasteiger partial charge in [0, 0.05) is 26.4 Å². The maximum Gasteiger partial charge on any atom is 0.0431 e. The Morgan fingerprint density at radius 2 is 0.519 bits per heavy atom. The van der Waals surface area contributed by atoms with Crippen molar-refractivity contribution in [3.05, 3.63) is 0 Å². The summed E-state index contributed by atoms with van der Waals surface area (Å²) < 4.78 is 0. The molecule has 0 unspecified atom stereocenters. The van der Waals surface area contributed by atoms with Crippen LogP contribution in [0.1, 0.15) is 70.6 Å². The van der Waals surface area contributed by atoms with Gasteiger partial charge in [-0.15, -0.1) is 0 Å². The number of hydrogen-bond acceptors (Lipinski definition) is 6. The number of aliphatic hydroxyl groups excluding tert-OH is 4. The van der Waals surface area contributed by atoms with E-state index in [1.807, 2.05) is 0 Å². The Kier molecular flexibility index (Phi) is 21.9. The van der Waals surface area contributed by atoms with Gasteiger partial charge in [-0.2, -0.15) is 0 Å². The van der Waals surface area contributed by atoms with E-state index < -0.39 is 0 Å². The van der Waals surface area contributed by atoms with Gasteiger partial charge in [-0.05, 0) is 103 Å². The summed E-state index contributed by atoms with van der Waals surface area (Å²) in [6.07, 6.45) is 11.2. The van der Waals surface area contributed by atoms with Crippen molar-refractivity contribution in [1.82, 2.24) is 9.80 Å². The first-order chi connectivity index (χ1) is 13.3. The van der Waals surface area contributed by atoms with Crippen molar-refractivity contribution in [3.63, 3.8) is 0 Å². The number of nitrogens with zero attached hydrogens (tertiary/aromatic N) is 2. The van der Waals surface area contributed by atoms with Crippen LogP contribution in [0.15, 0.2) is 0 Å². The minimum Gasteiger partial charge on any atom is -0.396 e. The van der Waals surface area contributed by atoms with Gasteiger partial charge in [-0.3, -0.25) is 0 Å². The number of hydrogen-bond donors (Lipinski definition) is 4. The largest absolute Gasteiger partial charge is 0.396 e. The van der Waals surface area contributed by atoms with Crippen molar-refractivity contribution >= 4 is 0 Å². The molecular weight excluding hydrogens is 344 g/mol. The van der Waals surface area contributed by atoms with Crippen LogP contribution >= 0.6 is 0 Å². The van der Waals surface area contributed by atoms with E-state index in [1.54, 1.807) is 0 Å². The lowest BCUT2D eigenvalue weighted by molar-refractivity contribution is 0.214. The molecule has 0 spiro atoms. The molecule has 0 aliphatic carbocycles. The van der Waals surface area contributed by atoms with Crippen molar-refractivity contribution in [2.45, 2.75) is 70.6 Å². The molecule has 0 fully saturated rings. The first-order valence-corrected chi connectivity index (χ1v) is 11.2. The Labute approximate surface area is 167 Å². The third kappa shape index (κ3) is 18.9. The molecule has 0 aromatic heterocycles. The molecule has 0 radical (unpaired) electrons. The molecule has 0 heterocycles. The number of rotatable bonds is 22. The van der Waals surface area contributed by atoms with Gasteiger partial charge in [0.15, 0.2) is 0 Å². The normalized spacial score (nSPS) is 11.8. The van der Waals surface area contributed by atoms with Crippen LogP contribution < -0.4 is 0 Å². The zero-order valence-corrected chi connectivity index (χ0v) is 17.5. The van der Waals surface area contributed by atoms with E-state index in [9.17, 15) is 0 Å². The molecule has 0 amide bonds. The smallest absolute Gasteiger partial charge is 0.0431 e. The first-order valence-electron chi connectivity index (χ1n) is 11.2. The topological polar surface area (TPSA) is 87.4 Å². The summed E-state index contributed by atoms with van der Waals surface area (Å²) in [5, 5.41) is 35.8. The first kappa shape index (κ1) is 26.8. The summed E-state index contributed by atoms with van der Waals surface area (Å²) in [4.78, 5) is 4.96. The molecular formula is C21H46N2O4. The number of unbranched alkanes of at least 4 members (excludes halogenated alkanes) is 6. The van der Waals surface area contributed by atoms with Crippen LogP contribution in [0.2, 0.25) is 0 Å². The van der Waals surface area contributed by atoms with Crippen LogP contribution in [0.5, 0.6) is 0 Å². The van der Waals surface area contributed by atoms with Gasteiger partial charge in [0.1, 0.15) is 0 Å². The summed E-state index contributed by atoms with van der Waals surface area (Å²) in [7, 11) is 0. The van der Waals surface area contributed by atoms with Crippen molar-refractivity contribution in [3.8, 4) is 0 Å². The molecule has 0 rings (SSSR count). The molecule has 0 aliphatic heterocycles. The zero-order valence-electron chi connectivity index (χ0n) is 17.5. The highest BCUT2D eigenvalue weighted by molar-refractivity contribution is 4.62. The van der Waals surface area contributed by atoms with E-state index in [0.717, 1.165) is 90.6 Å². The van der Waals surface area contributed by atoms with Crippen molar-refractivity contribution in [2.24, 2.45) is 0 Å². The quantitative estimate of drug-likeness (QED) is 0.211. The maximum absolute atomic E-state index is 8.96. The van der Waals surface area contributed by atoms with Crippen LogP contribution in [0.4, 0.5) is 0 Å². The average Bonchev–Trinajstić information content (AvgIpc) is 2.67. The SMILES string of the molecule is OCCCCN(CCCCO)CCCCCN(CCCCO)CCCCO. The molecule has 0 atom stereocenters. The summed E-state index contributed by atoms with van der Waals surface area (Å²) in [6.45, 7) is 7.46. The third-order valence-corrected chi connectivity index (χ3v) is 4.98.